The summed E-state index contributed by atoms with van der Waals surface area (Å²) >= 11 is 3.39. The fourth-order valence-corrected chi connectivity index (χ4v) is 3.05. The summed E-state index contributed by atoms with van der Waals surface area (Å²) < 4.78 is 6.01. The van der Waals surface area contributed by atoms with E-state index in [4.69, 9.17) is 4.74 Å². The van der Waals surface area contributed by atoms with E-state index in [-0.39, 0.29) is 11.8 Å². The van der Waals surface area contributed by atoms with Crippen molar-refractivity contribution in [2.24, 2.45) is 0 Å². The van der Waals surface area contributed by atoms with Crippen LogP contribution in [0.4, 0.5) is 0 Å². The van der Waals surface area contributed by atoms with Crippen molar-refractivity contribution in [1.82, 2.24) is 14.8 Å². The molecule has 0 atom stereocenters. The minimum atomic E-state index is -0.0809. The molecule has 7 heteroatoms. The summed E-state index contributed by atoms with van der Waals surface area (Å²) in [6, 6.07) is 11.1. The highest BCUT2D eigenvalue weighted by atomic mass is 79.9. The molecule has 0 spiro atoms. The van der Waals surface area contributed by atoms with Gasteiger partial charge in [-0.2, -0.15) is 0 Å². The predicted molar refractivity (Wildman–Crippen MR) is 106 cm³/mol. The maximum Gasteiger partial charge on any atom is 0.255 e. The number of piperazine rings is 1. The van der Waals surface area contributed by atoms with E-state index < -0.39 is 0 Å². The Morgan fingerprint density at radius 3 is 2.30 bits per heavy atom. The predicted octanol–water partition coefficient (Wildman–Crippen LogP) is 2.85. The van der Waals surface area contributed by atoms with Crippen LogP contribution in [-0.2, 0) is 4.79 Å². The van der Waals surface area contributed by atoms with Gasteiger partial charge in [0.25, 0.3) is 5.91 Å². The summed E-state index contributed by atoms with van der Waals surface area (Å²) in [6.45, 7) is 2.03. The van der Waals surface area contributed by atoms with Crippen LogP contribution < -0.4 is 4.74 Å². The summed E-state index contributed by atoms with van der Waals surface area (Å²) in [5.74, 6) is 0.346. The van der Waals surface area contributed by atoms with Gasteiger partial charge in [0.05, 0.1) is 12.7 Å². The summed E-state index contributed by atoms with van der Waals surface area (Å²) in [7, 11) is 1.53. The number of amides is 2. The van der Waals surface area contributed by atoms with Crippen LogP contribution in [0.3, 0.4) is 0 Å². The number of hydrogen-bond donors (Lipinski definition) is 0. The molecular weight excluding hydrogens is 410 g/mol. The van der Waals surface area contributed by atoms with Gasteiger partial charge in [-0.25, -0.2) is 4.98 Å². The lowest BCUT2D eigenvalue weighted by molar-refractivity contribution is -0.127. The highest BCUT2D eigenvalue weighted by Crippen LogP contribution is 2.13. The molecule has 1 aromatic heterocycles. The number of aromatic nitrogens is 1. The van der Waals surface area contributed by atoms with Crippen LogP contribution in [-0.4, -0.2) is 59.9 Å². The van der Waals surface area contributed by atoms with Crippen molar-refractivity contribution in [2.45, 2.75) is 0 Å². The van der Waals surface area contributed by atoms with Crippen LogP contribution in [0.15, 0.2) is 53.1 Å². The standard InChI is InChI=1S/C20H20BrN3O3/c1-27-18-8-5-16(14-22-18)20(26)24-12-10-23(11-13-24)19(25)9-4-15-2-6-17(21)7-3-15/h2-9,14H,10-13H2,1H3/b9-4+. The molecule has 0 radical (unpaired) electrons. The van der Waals surface area contributed by atoms with Crippen molar-refractivity contribution in [1.29, 1.82) is 0 Å². The number of rotatable bonds is 4. The number of halogens is 1. The Balaban J connectivity index is 1.53. The maximum absolute atomic E-state index is 12.5. The molecule has 0 bridgehead atoms. The average Bonchev–Trinajstić information content (AvgIpc) is 2.73. The van der Waals surface area contributed by atoms with E-state index in [0.29, 0.717) is 37.6 Å². The SMILES string of the molecule is COc1ccc(C(=O)N2CCN(C(=O)/C=C/c3ccc(Br)cc3)CC2)cn1. The van der Waals surface area contributed by atoms with Gasteiger partial charge < -0.3 is 14.5 Å². The molecule has 0 aliphatic carbocycles. The minimum absolute atomic E-state index is 0.0452. The van der Waals surface area contributed by atoms with E-state index in [1.54, 1.807) is 34.1 Å². The van der Waals surface area contributed by atoms with Crippen molar-refractivity contribution in [3.63, 3.8) is 0 Å². The van der Waals surface area contributed by atoms with Gasteiger partial charge >= 0.3 is 0 Å². The Kier molecular flexibility index (Phi) is 6.24. The lowest BCUT2D eigenvalue weighted by Crippen LogP contribution is -2.50. The molecule has 140 valence electrons. The molecule has 2 aromatic rings. The Hall–Kier alpha value is -2.67. The van der Waals surface area contributed by atoms with Crippen molar-refractivity contribution in [2.75, 3.05) is 33.3 Å². The van der Waals surface area contributed by atoms with Gasteiger partial charge in [0.2, 0.25) is 11.8 Å². The second kappa shape index (κ2) is 8.81. The summed E-state index contributed by atoms with van der Waals surface area (Å²) in [4.78, 5) is 32.5. The minimum Gasteiger partial charge on any atom is -0.481 e. The third-order valence-corrected chi connectivity index (χ3v) is 4.89. The molecule has 1 fully saturated rings. The molecular formula is C20H20BrN3O3. The Bertz CT molecular complexity index is 827. The fraction of sp³-hybridized carbons (Fsp3) is 0.250. The largest absolute Gasteiger partial charge is 0.481 e. The van der Waals surface area contributed by atoms with Crippen molar-refractivity contribution < 1.29 is 14.3 Å². The molecule has 3 rings (SSSR count). The van der Waals surface area contributed by atoms with Gasteiger partial charge in [-0.3, -0.25) is 9.59 Å². The number of hydrogen-bond acceptors (Lipinski definition) is 4. The first-order chi connectivity index (χ1) is 13.1. The molecule has 1 saturated heterocycles. The quantitative estimate of drug-likeness (QED) is 0.700. The van der Waals surface area contributed by atoms with E-state index in [1.165, 1.54) is 13.3 Å². The zero-order chi connectivity index (χ0) is 19.2. The zero-order valence-electron chi connectivity index (χ0n) is 15.0. The van der Waals surface area contributed by atoms with Crippen molar-refractivity contribution in [3.05, 3.63) is 64.3 Å². The molecule has 1 aromatic carbocycles. The van der Waals surface area contributed by atoms with Crippen LogP contribution in [0.25, 0.3) is 6.08 Å². The monoisotopic (exact) mass is 429 g/mol. The van der Waals surface area contributed by atoms with Gasteiger partial charge in [0.15, 0.2) is 0 Å². The van der Waals surface area contributed by atoms with Crippen LogP contribution >= 0.6 is 15.9 Å². The van der Waals surface area contributed by atoms with E-state index in [2.05, 4.69) is 20.9 Å². The lowest BCUT2D eigenvalue weighted by Gasteiger charge is -2.34. The molecule has 1 aliphatic heterocycles. The van der Waals surface area contributed by atoms with Gasteiger partial charge in [-0.05, 0) is 29.8 Å². The summed E-state index contributed by atoms with van der Waals surface area (Å²) in [5.41, 5.74) is 1.48. The molecule has 0 saturated carbocycles. The first kappa shape index (κ1) is 19.1. The second-order valence-corrected chi connectivity index (χ2v) is 7.01. The Morgan fingerprint density at radius 1 is 1.04 bits per heavy atom. The number of carbonyl (C=O) groups is 2. The Labute approximate surface area is 166 Å². The average molecular weight is 430 g/mol. The molecule has 2 amide bonds. The molecule has 6 nitrogen and oxygen atoms in total. The third-order valence-electron chi connectivity index (χ3n) is 4.36. The lowest BCUT2D eigenvalue weighted by atomic mass is 10.2. The normalized spacial score (nSPS) is 14.4. The van der Waals surface area contributed by atoms with E-state index >= 15 is 0 Å². The van der Waals surface area contributed by atoms with Crippen molar-refractivity contribution in [3.8, 4) is 5.88 Å². The summed E-state index contributed by atoms with van der Waals surface area (Å²) in [6.07, 6.45) is 4.89. The fourth-order valence-electron chi connectivity index (χ4n) is 2.79. The first-order valence-electron chi connectivity index (χ1n) is 8.58. The number of ether oxygens (including phenoxy) is 1. The number of carbonyl (C=O) groups excluding carboxylic acids is 2. The van der Waals surface area contributed by atoms with Crippen LogP contribution in [0.1, 0.15) is 15.9 Å². The topological polar surface area (TPSA) is 62.7 Å². The first-order valence-corrected chi connectivity index (χ1v) is 9.38. The highest BCUT2D eigenvalue weighted by molar-refractivity contribution is 9.10. The molecule has 2 heterocycles. The van der Waals surface area contributed by atoms with E-state index in [9.17, 15) is 9.59 Å². The zero-order valence-corrected chi connectivity index (χ0v) is 16.6. The molecule has 0 N–H and O–H groups in total. The van der Waals surface area contributed by atoms with Crippen LogP contribution in [0.5, 0.6) is 5.88 Å². The second-order valence-electron chi connectivity index (χ2n) is 6.09. The molecule has 1 aliphatic rings. The maximum atomic E-state index is 12.5. The number of nitrogens with zero attached hydrogens (tertiary/aromatic N) is 3. The Morgan fingerprint density at radius 2 is 1.70 bits per heavy atom. The summed E-state index contributed by atoms with van der Waals surface area (Å²) in [5, 5.41) is 0. The third kappa shape index (κ3) is 4.95. The van der Waals surface area contributed by atoms with E-state index in [1.807, 2.05) is 24.3 Å². The number of methoxy groups -OCH3 is 1. The van der Waals surface area contributed by atoms with Gasteiger partial charge in [0.1, 0.15) is 0 Å². The smallest absolute Gasteiger partial charge is 0.255 e. The number of pyridine rings is 1. The van der Waals surface area contributed by atoms with Crippen molar-refractivity contribution >= 4 is 33.8 Å². The van der Waals surface area contributed by atoms with Gasteiger partial charge in [0, 0.05) is 49.0 Å². The highest BCUT2D eigenvalue weighted by Gasteiger charge is 2.24. The van der Waals surface area contributed by atoms with Crippen LogP contribution in [0, 0.1) is 0 Å². The van der Waals surface area contributed by atoms with Gasteiger partial charge in [-0.1, -0.05) is 28.1 Å². The number of benzene rings is 1. The molecule has 0 unspecified atom stereocenters. The van der Waals surface area contributed by atoms with Gasteiger partial charge in [-0.15, -0.1) is 0 Å². The van der Waals surface area contributed by atoms with Crippen LogP contribution in [0.2, 0.25) is 0 Å². The molecule has 27 heavy (non-hydrogen) atoms. The van der Waals surface area contributed by atoms with E-state index in [0.717, 1.165) is 10.0 Å².